The fourth-order valence-electron chi connectivity index (χ4n) is 2.38. The summed E-state index contributed by atoms with van der Waals surface area (Å²) in [5, 5.41) is 4.19. The molecule has 0 saturated carbocycles. The molecule has 3 aromatic rings. The second-order valence-electron chi connectivity index (χ2n) is 4.52. The Morgan fingerprint density at radius 1 is 1.37 bits per heavy atom. The van der Waals surface area contributed by atoms with Crippen LogP contribution in [0.25, 0.3) is 11.3 Å². The molecule has 0 bridgehead atoms. The number of aryl methyl sites for hydroxylation is 2. The molecule has 98 valence electrons. The summed E-state index contributed by atoms with van der Waals surface area (Å²) in [4.78, 5) is 19.8. The zero-order valence-corrected chi connectivity index (χ0v) is 11.1. The van der Waals surface area contributed by atoms with Gasteiger partial charge in [0.2, 0.25) is 0 Å². The normalized spacial score (nSPS) is 11.3. The van der Waals surface area contributed by atoms with Gasteiger partial charge in [-0.1, -0.05) is 6.92 Å². The first-order valence-electron chi connectivity index (χ1n) is 6.23. The highest BCUT2D eigenvalue weighted by Crippen LogP contribution is 2.15. The van der Waals surface area contributed by atoms with Crippen molar-refractivity contribution >= 4 is 5.65 Å². The average Bonchev–Trinajstić information content (AvgIpc) is 2.96. The van der Waals surface area contributed by atoms with Crippen molar-refractivity contribution in [3.8, 4) is 5.69 Å². The van der Waals surface area contributed by atoms with Gasteiger partial charge in [-0.15, -0.1) is 0 Å². The molecule has 0 amide bonds. The SMILES string of the molecule is CCc1c(C)[nH]c2c(-n3ccnc3C)cnn2c1=O. The summed E-state index contributed by atoms with van der Waals surface area (Å²) < 4.78 is 3.32. The summed E-state index contributed by atoms with van der Waals surface area (Å²) in [5.41, 5.74) is 3.13. The van der Waals surface area contributed by atoms with Gasteiger partial charge >= 0.3 is 0 Å². The quantitative estimate of drug-likeness (QED) is 0.754. The number of aromatic nitrogens is 5. The number of hydrogen-bond acceptors (Lipinski definition) is 3. The van der Waals surface area contributed by atoms with E-state index in [4.69, 9.17) is 0 Å². The van der Waals surface area contributed by atoms with Crippen LogP contribution >= 0.6 is 0 Å². The largest absolute Gasteiger partial charge is 0.342 e. The molecular formula is C13H15N5O. The highest BCUT2D eigenvalue weighted by molar-refractivity contribution is 5.59. The number of aromatic amines is 1. The molecule has 0 fully saturated rings. The van der Waals surface area contributed by atoms with E-state index in [1.54, 1.807) is 12.4 Å². The van der Waals surface area contributed by atoms with E-state index in [9.17, 15) is 4.79 Å². The third-order valence-corrected chi connectivity index (χ3v) is 3.40. The Hall–Kier alpha value is -2.37. The molecular weight excluding hydrogens is 242 g/mol. The standard InChI is InChI=1S/C13H15N5O/c1-4-10-8(2)16-12-11(7-15-18(12)13(10)19)17-6-5-14-9(17)3/h5-7,16H,4H2,1-3H3. The van der Waals surface area contributed by atoms with E-state index >= 15 is 0 Å². The fourth-order valence-corrected chi connectivity index (χ4v) is 2.38. The molecule has 3 heterocycles. The van der Waals surface area contributed by atoms with Crippen LogP contribution in [0.4, 0.5) is 0 Å². The molecule has 0 saturated heterocycles. The van der Waals surface area contributed by atoms with Gasteiger partial charge in [0.25, 0.3) is 5.56 Å². The molecule has 3 aromatic heterocycles. The maximum atomic E-state index is 12.3. The summed E-state index contributed by atoms with van der Waals surface area (Å²) in [6.45, 7) is 5.79. The molecule has 3 rings (SSSR count). The van der Waals surface area contributed by atoms with Gasteiger partial charge in [-0.3, -0.25) is 9.36 Å². The van der Waals surface area contributed by atoms with Gasteiger partial charge in [0.15, 0.2) is 5.65 Å². The minimum atomic E-state index is -0.0576. The van der Waals surface area contributed by atoms with Crippen LogP contribution < -0.4 is 5.56 Å². The molecule has 6 nitrogen and oxygen atoms in total. The third kappa shape index (κ3) is 1.60. The highest BCUT2D eigenvalue weighted by atomic mass is 16.1. The van der Waals surface area contributed by atoms with Crippen molar-refractivity contribution in [2.75, 3.05) is 0 Å². The van der Waals surface area contributed by atoms with Crippen LogP contribution in [0.2, 0.25) is 0 Å². The molecule has 19 heavy (non-hydrogen) atoms. The fraction of sp³-hybridized carbons (Fsp3) is 0.308. The van der Waals surface area contributed by atoms with E-state index in [1.807, 2.05) is 31.5 Å². The lowest BCUT2D eigenvalue weighted by molar-refractivity contribution is 0.852. The lowest BCUT2D eigenvalue weighted by atomic mass is 10.2. The Labute approximate surface area is 109 Å². The van der Waals surface area contributed by atoms with Crippen molar-refractivity contribution < 1.29 is 0 Å². The van der Waals surface area contributed by atoms with Crippen LogP contribution in [0.5, 0.6) is 0 Å². The Kier molecular flexibility index (Phi) is 2.51. The van der Waals surface area contributed by atoms with E-state index in [1.165, 1.54) is 4.52 Å². The lowest BCUT2D eigenvalue weighted by Gasteiger charge is -2.06. The van der Waals surface area contributed by atoms with Crippen LogP contribution in [0, 0.1) is 13.8 Å². The predicted octanol–water partition coefficient (Wildman–Crippen LogP) is 1.39. The smallest absolute Gasteiger partial charge is 0.277 e. The minimum absolute atomic E-state index is 0.0576. The van der Waals surface area contributed by atoms with Crippen LogP contribution in [-0.4, -0.2) is 24.1 Å². The average molecular weight is 257 g/mol. The van der Waals surface area contributed by atoms with E-state index < -0.39 is 0 Å². The first-order valence-corrected chi connectivity index (χ1v) is 6.23. The van der Waals surface area contributed by atoms with Crippen molar-refractivity contribution in [3.63, 3.8) is 0 Å². The molecule has 0 aliphatic heterocycles. The molecule has 0 aliphatic rings. The van der Waals surface area contributed by atoms with Gasteiger partial charge in [0.05, 0.1) is 6.20 Å². The number of H-pyrrole nitrogens is 1. The monoisotopic (exact) mass is 257 g/mol. The summed E-state index contributed by atoms with van der Waals surface area (Å²) in [6, 6.07) is 0. The second kappa shape index (κ2) is 4.08. The van der Waals surface area contributed by atoms with Gasteiger partial charge < -0.3 is 4.98 Å². The van der Waals surface area contributed by atoms with Crippen LogP contribution in [0.15, 0.2) is 23.4 Å². The molecule has 0 aromatic carbocycles. The number of hydrogen-bond donors (Lipinski definition) is 1. The number of nitrogens with zero attached hydrogens (tertiary/aromatic N) is 4. The van der Waals surface area contributed by atoms with Crippen molar-refractivity contribution in [1.82, 2.24) is 24.1 Å². The van der Waals surface area contributed by atoms with E-state index in [0.29, 0.717) is 12.1 Å². The summed E-state index contributed by atoms with van der Waals surface area (Å²) in [7, 11) is 0. The molecule has 0 atom stereocenters. The summed E-state index contributed by atoms with van der Waals surface area (Å²) >= 11 is 0. The Morgan fingerprint density at radius 3 is 2.79 bits per heavy atom. The number of nitrogens with one attached hydrogen (secondary N) is 1. The second-order valence-corrected chi connectivity index (χ2v) is 4.52. The minimum Gasteiger partial charge on any atom is -0.342 e. The van der Waals surface area contributed by atoms with Crippen molar-refractivity contribution in [2.24, 2.45) is 0 Å². The lowest BCUT2D eigenvalue weighted by Crippen LogP contribution is -2.21. The molecule has 0 spiro atoms. The summed E-state index contributed by atoms with van der Waals surface area (Å²) in [5.74, 6) is 0.855. The number of imidazole rings is 1. The predicted molar refractivity (Wildman–Crippen MR) is 71.8 cm³/mol. The Bertz CT molecular complexity index is 808. The zero-order valence-electron chi connectivity index (χ0n) is 11.1. The van der Waals surface area contributed by atoms with Crippen LogP contribution in [0.1, 0.15) is 24.0 Å². The Morgan fingerprint density at radius 2 is 2.16 bits per heavy atom. The van der Waals surface area contributed by atoms with Crippen molar-refractivity contribution in [2.45, 2.75) is 27.2 Å². The van der Waals surface area contributed by atoms with Gasteiger partial charge in [-0.2, -0.15) is 9.61 Å². The maximum absolute atomic E-state index is 12.3. The molecule has 0 radical (unpaired) electrons. The van der Waals surface area contributed by atoms with Gasteiger partial charge in [-0.25, -0.2) is 4.98 Å². The van der Waals surface area contributed by atoms with Gasteiger partial charge in [0.1, 0.15) is 11.5 Å². The molecule has 6 heteroatoms. The first kappa shape index (κ1) is 11.7. The summed E-state index contributed by atoms with van der Waals surface area (Å²) in [6.07, 6.45) is 5.95. The number of rotatable bonds is 2. The molecule has 1 N–H and O–H groups in total. The van der Waals surface area contributed by atoms with Gasteiger partial charge in [0, 0.05) is 23.7 Å². The first-order chi connectivity index (χ1) is 9.13. The van der Waals surface area contributed by atoms with Crippen LogP contribution in [0.3, 0.4) is 0 Å². The third-order valence-electron chi connectivity index (χ3n) is 3.40. The van der Waals surface area contributed by atoms with Crippen molar-refractivity contribution in [1.29, 1.82) is 0 Å². The Balaban J connectivity index is 2.37. The maximum Gasteiger partial charge on any atom is 0.277 e. The van der Waals surface area contributed by atoms with Crippen LogP contribution in [-0.2, 0) is 6.42 Å². The van der Waals surface area contributed by atoms with E-state index in [-0.39, 0.29) is 5.56 Å². The molecule has 0 unspecified atom stereocenters. The zero-order chi connectivity index (χ0) is 13.6. The van der Waals surface area contributed by atoms with E-state index in [0.717, 1.165) is 22.8 Å². The van der Waals surface area contributed by atoms with Gasteiger partial charge in [-0.05, 0) is 20.3 Å². The highest BCUT2D eigenvalue weighted by Gasteiger charge is 2.14. The van der Waals surface area contributed by atoms with E-state index in [2.05, 4.69) is 15.1 Å². The van der Waals surface area contributed by atoms with Crippen molar-refractivity contribution in [3.05, 3.63) is 46.0 Å². The number of fused-ring (bicyclic) bond motifs is 1. The topological polar surface area (TPSA) is 68.0 Å². The molecule has 0 aliphatic carbocycles.